The van der Waals surface area contributed by atoms with Gasteiger partial charge in [0.1, 0.15) is 0 Å². The summed E-state index contributed by atoms with van der Waals surface area (Å²) in [5, 5.41) is 3.34. The third-order valence-corrected chi connectivity index (χ3v) is 3.69. The molecule has 1 saturated carbocycles. The standard InChI is InChI=1S/C14H25N3/c1-2-15-9-8-14-11-17(12-16-14)10-13-6-4-3-5-7-13/h11-13,15H,2-10H2,1H3. The Morgan fingerprint density at radius 3 is 2.94 bits per heavy atom. The zero-order valence-corrected chi connectivity index (χ0v) is 11.0. The van der Waals surface area contributed by atoms with Crippen molar-refractivity contribution >= 4 is 0 Å². The maximum Gasteiger partial charge on any atom is 0.0949 e. The Morgan fingerprint density at radius 1 is 1.35 bits per heavy atom. The molecule has 0 radical (unpaired) electrons. The van der Waals surface area contributed by atoms with Gasteiger partial charge in [-0.1, -0.05) is 26.2 Å². The maximum atomic E-state index is 4.48. The lowest BCUT2D eigenvalue weighted by Gasteiger charge is -2.21. The topological polar surface area (TPSA) is 29.9 Å². The van der Waals surface area contributed by atoms with Crippen molar-refractivity contribution in [3.63, 3.8) is 0 Å². The van der Waals surface area contributed by atoms with E-state index in [2.05, 4.69) is 28.0 Å². The van der Waals surface area contributed by atoms with E-state index in [-0.39, 0.29) is 0 Å². The molecule has 0 amide bonds. The molecule has 1 aromatic heterocycles. The molecule has 0 atom stereocenters. The lowest BCUT2D eigenvalue weighted by Crippen LogP contribution is -2.16. The molecule has 3 heteroatoms. The van der Waals surface area contributed by atoms with Gasteiger partial charge in [-0.05, 0) is 25.3 Å². The number of hydrogen-bond donors (Lipinski definition) is 1. The van der Waals surface area contributed by atoms with Gasteiger partial charge in [-0.2, -0.15) is 0 Å². The van der Waals surface area contributed by atoms with Gasteiger partial charge in [-0.25, -0.2) is 4.98 Å². The summed E-state index contributed by atoms with van der Waals surface area (Å²) in [6, 6.07) is 0. The fraction of sp³-hybridized carbons (Fsp3) is 0.786. The van der Waals surface area contributed by atoms with Crippen LogP contribution >= 0.6 is 0 Å². The van der Waals surface area contributed by atoms with Gasteiger partial charge >= 0.3 is 0 Å². The zero-order chi connectivity index (χ0) is 11.9. The van der Waals surface area contributed by atoms with Crippen molar-refractivity contribution in [2.75, 3.05) is 13.1 Å². The summed E-state index contributed by atoms with van der Waals surface area (Å²) in [7, 11) is 0. The Labute approximate surface area is 105 Å². The zero-order valence-electron chi connectivity index (χ0n) is 11.0. The molecular formula is C14H25N3. The number of aromatic nitrogens is 2. The first-order chi connectivity index (χ1) is 8.38. The summed E-state index contributed by atoms with van der Waals surface area (Å²) >= 11 is 0. The molecule has 1 aliphatic rings. The third-order valence-electron chi connectivity index (χ3n) is 3.69. The number of nitrogens with one attached hydrogen (secondary N) is 1. The van der Waals surface area contributed by atoms with Crippen LogP contribution in [0.5, 0.6) is 0 Å². The maximum absolute atomic E-state index is 4.48. The van der Waals surface area contributed by atoms with E-state index >= 15 is 0 Å². The van der Waals surface area contributed by atoms with E-state index in [1.54, 1.807) is 0 Å². The SMILES string of the molecule is CCNCCc1cn(CC2CCCCC2)cn1. The summed E-state index contributed by atoms with van der Waals surface area (Å²) in [5.74, 6) is 0.888. The largest absolute Gasteiger partial charge is 0.337 e. The molecular weight excluding hydrogens is 210 g/mol. The highest BCUT2D eigenvalue weighted by Crippen LogP contribution is 2.24. The summed E-state index contributed by atoms with van der Waals surface area (Å²) in [4.78, 5) is 4.48. The van der Waals surface area contributed by atoms with Gasteiger partial charge in [0.05, 0.1) is 12.0 Å². The predicted octanol–water partition coefficient (Wildman–Crippen LogP) is 2.62. The molecule has 0 aliphatic heterocycles. The van der Waals surface area contributed by atoms with Gasteiger partial charge < -0.3 is 9.88 Å². The van der Waals surface area contributed by atoms with Crippen molar-refractivity contribution in [2.24, 2.45) is 5.92 Å². The monoisotopic (exact) mass is 235 g/mol. The van der Waals surface area contributed by atoms with Crippen molar-refractivity contribution in [1.82, 2.24) is 14.9 Å². The Balaban J connectivity index is 1.76. The van der Waals surface area contributed by atoms with E-state index in [1.807, 2.05) is 6.33 Å². The molecule has 1 fully saturated rings. The van der Waals surface area contributed by atoms with Crippen LogP contribution in [0.3, 0.4) is 0 Å². The molecule has 0 aromatic carbocycles. The Morgan fingerprint density at radius 2 is 2.18 bits per heavy atom. The van der Waals surface area contributed by atoms with Gasteiger partial charge in [-0.3, -0.25) is 0 Å². The van der Waals surface area contributed by atoms with Crippen LogP contribution in [0.4, 0.5) is 0 Å². The minimum Gasteiger partial charge on any atom is -0.337 e. The fourth-order valence-corrected chi connectivity index (χ4v) is 2.70. The summed E-state index contributed by atoms with van der Waals surface area (Å²) in [6.45, 7) is 5.40. The highest BCUT2D eigenvalue weighted by Gasteiger charge is 2.13. The second kappa shape index (κ2) is 6.80. The predicted molar refractivity (Wildman–Crippen MR) is 71.0 cm³/mol. The van der Waals surface area contributed by atoms with Crippen LogP contribution < -0.4 is 5.32 Å². The van der Waals surface area contributed by atoms with Gasteiger partial charge in [0.2, 0.25) is 0 Å². The van der Waals surface area contributed by atoms with E-state index in [1.165, 1.54) is 44.3 Å². The summed E-state index contributed by atoms with van der Waals surface area (Å²) in [6.07, 6.45) is 12.4. The van der Waals surface area contributed by atoms with Crippen molar-refractivity contribution in [3.8, 4) is 0 Å². The molecule has 0 unspecified atom stereocenters. The van der Waals surface area contributed by atoms with Crippen LogP contribution in [-0.4, -0.2) is 22.6 Å². The van der Waals surface area contributed by atoms with Crippen molar-refractivity contribution in [3.05, 3.63) is 18.2 Å². The minimum absolute atomic E-state index is 0.888. The summed E-state index contributed by atoms with van der Waals surface area (Å²) in [5.41, 5.74) is 1.22. The van der Waals surface area contributed by atoms with E-state index < -0.39 is 0 Å². The van der Waals surface area contributed by atoms with Crippen LogP contribution in [0.2, 0.25) is 0 Å². The Hall–Kier alpha value is -0.830. The van der Waals surface area contributed by atoms with Crippen molar-refractivity contribution in [1.29, 1.82) is 0 Å². The fourth-order valence-electron chi connectivity index (χ4n) is 2.70. The second-order valence-electron chi connectivity index (χ2n) is 5.17. The lowest BCUT2D eigenvalue weighted by molar-refractivity contribution is 0.319. The van der Waals surface area contributed by atoms with Gasteiger partial charge in [0, 0.05) is 25.7 Å². The average Bonchev–Trinajstić information content (AvgIpc) is 2.79. The second-order valence-corrected chi connectivity index (χ2v) is 5.17. The smallest absolute Gasteiger partial charge is 0.0949 e. The molecule has 17 heavy (non-hydrogen) atoms. The molecule has 2 rings (SSSR count). The minimum atomic E-state index is 0.888. The molecule has 3 nitrogen and oxygen atoms in total. The van der Waals surface area contributed by atoms with Crippen molar-refractivity contribution in [2.45, 2.75) is 52.0 Å². The molecule has 1 aliphatic carbocycles. The molecule has 1 aromatic rings. The average molecular weight is 235 g/mol. The quantitative estimate of drug-likeness (QED) is 0.768. The van der Waals surface area contributed by atoms with Crippen LogP contribution in [0, 0.1) is 5.92 Å². The van der Waals surface area contributed by atoms with Crippen LogP contribution in [0.1, 0.15) is 44.7 Å². The van der Waals surface area contributed by atoms with Gasteiger partial charge in [0.25, 0.3) is 0 Å². The van der Waals surface area contributed by atoms with Crippen LogP contribution in [-0.2, 0) is 13.0 Å². The molecule has 0 spiro atoms. The first kappa shape index (κ1) is 12.6. The number of nitrogens with zero attached hydrogens (tertiary/aromatic N) is 2. The molecule has 0 saturated heterocycles. The van der Waals surface area contributed by atoms with Crippen LogP contribution in [0.25, 0.3) is 0 Å². The van der Waals surface area contributed by atoms with Gasteiger partial charge in [-0.15, -0.1) is 0 Å². The van der Waals surface area contributed by atoms with E-state index in [0.29, 0.717) is 0 Å². The number of likely N-dealkylation sites (N-methyl/N-ethyl adjacent to an activating group) is 1. The molecule has 0 bridgehead atoms. The number of imidazole rings is 1. The van der Waals surface area contributed by atoms with E-state index in [0.717, 1.165) is 25.4 Å². The Kier molecular flexibility index (Phi) is 5.05. The number of hydrogen-bond acceptors (Lipinski definition) is 2. The first-order valence-electron chi connectivity index (χ1n) is 7.10. The third kappa shape index (κ3) is 4.15. The molecule has 96 valence electrons. The van der Waals surface area contributed by atoms with E-state index in [9.17, 15) is 0 Å². The Bertz CT molecular complexity index is 313. The lowest BCUT2D eigenvalue weighted by atomic mass is 9.89. The first-order valence-corrected chi connectivity index (χ1v) is 7.10. The molecule has 1 heterocycles. The van der Waals surface area contributed by atoms with E-state index in [4.69, 9.17) is 0 Å². The van der Waals surface area contributed by atoms with Crippen molar-refractivity contribution < 1.29 is 0 Å². The van der Waals surface area contributed by atoms with Crippen LogP contribution in [0.15, 0.2) is 12.5 Å². The highest BCUT2D eigenvalue weighted by atomic mass is 15.0. The molecule has 1 N–H and O–H groups in total. The highest BCUT2D eigenvalue weighted by molar-refractivity contribution is 4.97. The number of rotatable bonds is 6. The summed E-state index contributed by atoms with van der Waals surface area (Å²) < 4.78 is 2.29. The normalized spacial score (nSPS) is 17.5. The van der Waals surface area contributed by atoms with Gasteiger partial charge in [0.15, 0.2) is 0 Å².